The fourth-order valence-corrected chi connectivity index (χ4v) is 2.31. The van der Waals surface area contributed by atoms with Gasteiger partial charge in [0.2, 0.25) is 5.91 Å². The monoisotopic (exact) mass is 266 g/mol. The van der Waals surface area contributed by atoms with Crippen LogP contribution in [0.2, 0.25) is 0 Å². The van der Waals surface area contributed by atoms with Crippen LogP contribution in [-0.4, -0.2) is 41.1 Å². The highest BCUT2D eigenvalue weighted by molar-refractivity contribution is 5.78. The van der Waals surface area contributed by atoms with Crippen LogP contribution >= 0.6 is 0 Å². The van der Waals surface area contributed by atoms with Crippen LogP contribution in [-0.2, 0) is 11.3 Å². The zero-order valence-corrected chi connectivity index (χ0v) is 11.2. The molecule has 1 aliphatic heterocycles. The van der Waals surface area contributed by atoms with Crippen LogP contribution in [0.25, 0.3) is 0 Å². The van der Waals surface area contributed by atoms with Gasteiger partial charge in [-0.3, -0.25) is 9.69 Å². The van der Waals surface area contributed by atoms with Gasteiger partial charge in [0, 0.05) is 19.6 Å². The lowest BCUT2D eigenvalue weighted by atomic mass is 9.97. The maximum atomic E-state index is 13.1. The van der Waals surface area contributed by atoms with E-state index < -0.39 is 5.60 Å². The third-order valence-electron chi connectivity index (χ3n) is 3.21. The molecule has 4 nitrogen and oxygen atoms in total. The second-order valence-corrected chi connectivity index (χ2v) is 5.50. The van der Waals surface area contributed by atoms with Crippen molar-refractivity contribution in [3.05, 3.63) is 35.1 Å². The Morgan fingerprint density at radius 1 is 1.53 bits per heavy atom. The molecule has 0 radical (unpaired) electrons. The molecule has 2 rings (SSSR count). The summed E-state index contributed by atoms with van der Waals surface area (Å²) in [6.07, 6.45) is 0. The number of β-amino-alcohol motifs (C(OH)–C–C–N with tert-alkyl or cyclic N) is 1. The van der Waals surface area contributed by atoms with E-state index in [4.69, 9.17) is 0 Å². The minimum absolute atomic E-state index is 0.0857. The van der Waals surface area contributed by atoms with Crippen LogP contribution in [0.4, 0.5) is 4.39 Å². The Kier molecular flexibility index (Phi) is 3.87. The summed E-state index contributed by atoms with van der Waals surface area (Å²) in [7, 11) is 0. The molecule has 5 heteroatoms. The number of carbonyl (C=O) groups excluding carboxylic acids is 1. The molecule has 1 aromatic carbocycles. The highest BCUT2D eigenvalue weighted by atomic mass is 19.1. The maximum Gasteiger partial charge on any atom is 0.234 e. The Morgan fingerprint density at radius 2 is 2.21 bits per heavy atom. The van der Waals surface area contributed by atoms with Gasteiger partial charge < -0.3 is 10.4 Å². The van der Waals surface area contributed by atoms with Crippen molar-refractivity contribution in [3.8, 4) is 0 Å². The number of nitrogens with zero attached hydrogens (tertiary/aromatic N) is 1. The third-order valence-corrected chi connectivity index (χ3v) is 3.21. The van der Waals surface area contributed by atoms with Crippen molar-refractivity contribution < 1.29 is 14.3 Å². The van der Waals surface area contributed by atoms with E-state index >= 15 is 0 Å². The van der Waals surface area contributed by atoms with Gasteiger partial charge in [-0.2, -0.15) is 0 Å². The predicted molar refractivity (Wildman–Crippen MR) is 70.0 cm³/mol. The van der Waals surface area contributed by atoms with E-state index in [1.165, 1.54) is 6.07 Å². The molecule has 104 valence electrons. The Bertz CT molecular complexity index is 480. The Labute approximate surface area is 112 Å². The van der Waals surface area contributed by atoms with Gasteiger partial charge in [-0.1, -0.05) is 12.1 Å². The van der Waals surface area contributed by atoms with Crippen molar-refractivity contribution in [1.82, 2.24) is 10.2 Å². The van der Waals surface area contributed by atoms with Gasteiger partial charge in [-0.25, -0.2) is 4.39 Å². The molecule has 1 fully saturated rings. The molecule has 0 unspecified atom stereocenters. The zero-order chi connectivity index (χ0) is 14.0. The van der Waals surface area contributed by atoms with E-state index in [1.54, 1.807) is 26.0 Å². The van der Waals surface area contributed by atoms with E-state index in [0.717, 1.165) is 5.56 Å². The van der Waals surface area contributed by atoms with Gasteiger partial charge in [0.1, 0.15) is 5.82 Å². The molecule has 0 bridgehead atoms. The Balaban J connectivity index is 1.76. The third kappa shape index (κ3) is 3.75. The van der Waals surface area contributed by atoms with Crippen molar-refractivity contribution in [3.63, 3.8) is 0 Å². The van der Waals surface area contributed by atoms with Crippen LogP contribution in [0.15, 0.2) is 18.2 Å². The number of aryl methyl sites for hydroxylation is 1. The summed E-state index contributed by atoms with van der Waals surface area (Å²) in [4.78, 5) is 13.6. The summed E-state index contributed by atoms with van der Waals surface area (Å²) in [6.45, 7) is 5.18. The molecule has 0 aromatic heterocycles. The van der Waals surface area contributed by atoms with Gasteiger partial charge in [0.25, 0.3) is 0 Å². The molecular weight excluding hydrogens is 247 g/mol. The number of nitrogens with one attached hydrogen (secondary N) is 1. The number of halogens is 1. The van der Waals surface area contributed by atoms with Crippen LogP contribution in [0.1, 0.15) is 18.1 Å². The quantitative estimate of drug-likeness (QED) is 0.848. The van der Waals surface area contributed by atoms with E-state index in [9.17, 15) is 14.3 Å². The summed E-state index contributed by atoms with van der Waals surface area (Å²) in [5.74, 6) is -0.324. The summed E-state index contributed by atoms with van der Waals surface area (Å²) in [5, 5.41) is 12.3. The lowest BCUT2D eigenvalue weighted by molar-refractivity contribution is -0.130. The standard InChI is InChI=1S/C14H19FN2O2/c1-10-5-11(3-4-12(10)15)6-16-13(18)7-17-8-14(2,19)9-17/h3-5,19H,6-9H2,1-2H3,(H,16,18). The minimum atomic E-state index is -0.658. The molecule has 19 heavy (non-hydrogen) atoms. The number of carbonyl (C=O) groups is 1. The topological polar surface area (TPSA) is 52.6 Å². The average Bonchev–Trinajstić information content (AvgIpc) is 2.28. The smallest absolute Gasteiger partial charge is 0.234 e. The fourth-order valence-electron chi connectivity index (χ4n) is 2.31. The molecule has 1 aromatic rings. The van der Waals surface area contributed by atoms with Crippen molar-refractivity contribution in [2.24, 2.45) is 0 Å². The maximum absolute atomic E-state index is 13.1. The number of amides is 1. The highest BCUT2D eigenvalue weighted by Gasteiger charge is 2.36. The van der Waals surface area contributed by atoms with E-state index in [0.29, 0.717) is 25.2 Å². The minimum Gasteiger partial charge on any atom is -0.388 e. The molecule has 1 aliphatic rings. The summed E-state index contributed by atoms with van der Waals surface area (Å²) in [5.41, 5.74) is 0.794. The lowest BCUT2D eigenvalue weighted by Crippen LogP contribution is -2.61. The second-order valence-electron chi connectivity index (χ2n) is 5.50. The van der Waals surface area contributed by atoms with Gasteiger partial charge in [0.15, 0.2) is 0 Å². The van der Waals surface area contributed by atoms with Crippen molar-refractivity contribution in [2.75, 3.05) is 19.6 Å². The van der Waals surface area contributed by atoms with E-state index in [2.05, 4.69) is 5.32 Å². The number of likely N-dealkylation sites (tertiary alicyclic amines) is 1. The first-order chi connectivity index (χ1) is 8.85. The van der Waals surface area contributed by atoms with Crippen molar-refractivity contribution in [1.29, 1.82) is 0 Å². The predicted octanol–water partition coefficient (Wildman–Crippen LogP) is 0.817. The Morgan fingerprint density at radius 3 is 2.79 bits per heavy atom. The molecule has 0 aliphatic carbocycles. The van der Waals surface area contributed by atoms with Gasteiger partial charge in [-0.05, 0) is 31.0 Å². The number of benzene rings is 1. The fraction of sp³-hybridized carbons (Fsp3) is 0.500. The molecule has 2 N–H and O–H groups in total. The second kappa shape index (κ2) is 5.27. The number of hydrogen-bond acceptors (Lipinski definition) is 3. The van der Waals surface area contributed by atoms with Gasteiger partial charge in [0.05, 0.1) is 12.1 Å². The first-order valence-electron chi connectivity index (χ1n) is 6.32. The molecule has 1 amide bonds. The van der Waals surface area contributed by atoms with Crippen molar-refractivity contribution >= 4 is 5.91 Å². The summed E-state index contributed by atoms with van der Waals surface area (Å²) < 4.78 is 13.1. The summed E-state index contributed by atoms with van der Waals surface area (Å²) >= 11 is 0. The van der Waals surface area contributed by atoms with Crippen molar-refractivity contribution in [2.45, 2.75) is 26.0 Å². The van der Waals surface area contributed by atoms with Crippen LogP contribution < -0.4 is 5.32 Å². The SMILES string of the molecule is Cc1cc(CNC(=O)CN2CC(C)(O)C2)ccc1F. The highest BCUT2D eigenvalue weighted by Crippen LogP contribution is 2.18. The molecule has 0 saturated carbocycles. The number of hydrogen-bond donors (Lipinski definition) is 2. The summed E-state index contributed by atoms with van der Waals surface area (Å²) in [6, 6.07) is 4.80. The normalized spacial score (nSPS) is 17.9. The van der Waals surface area contributed by atoms with Crippen LogP contribution in [0.5, 0.6) is 0 Å². The first-order valence-corrected chi connectivity index (χ1v) is 6.32. The molecule has 1 saturated heterocycles. The lowest BCUT2D eigenvalue weighted by Gasteiger charge is -2.43. The van der Waals surface area contributed by atoms with Crippen LogP contribution in [0, 0.1) is 12.7 Å². The number of rotatable bonds is 4. The van der Waals surface area contributed by atoms with E-state index in [1.807, 2.05) is 4.90 Å². The molecule has 0 spiro atoms. The Hall–Kier alpha value is -1.46. The van der Waals surface area contributed by atoms with E-state index in [-0.39, 0.29) is 18.3 Å². The molecule has 1 heterocycles. The first kappa shape index (κ1) is 14.0. The largest absolute Gasteiger partial charge is 0.388 e. The average molecular weight is 266 g/mol. The van der Waals surface area contributed by atoms with Gasteiger partial charge in [-0.15, -0.1) is 0 Å². The molecule has 0 atom stereocenters. The van der Waals surface area contributed by atoms with Gasteiger partial charge >= 0.3 is 0 Å². The zero-order valence-electron chi connectivity index (χ0n) is 11.2. The van der Waals surface area contributed by atoms with Crippen LogP contribution in [0.3, 0.4) is 0 Å². The number of aliphatic hydroxyl groups is 1. The molecular formula is C14H19FN2O2.